The molecule has 0 bridgehead atoms. The van der Waals surface area contributed by atoms with E-state index in [1.165, 1.54) is 0 Å². The smallest absolute Gasteiger partial charge is 0.104 e. The predicted octanol–water partition coefficient (Wildman–Crippen LogP) is 1.18. The minimum atomic E-state index is -0.173. The zero-order chi connectivity index (χ0) is 9.90. The average molecular weight is 187 g/mol. The van der Waals surface area contributed by atoms with Gasteiger partial charge in [-0.05, 0) is 20.3 Å². The normalized spacial score (nSPS) is 37.4. The van der Waals surface area contributed by atoms with Crippen LogP contribution < -0.4 is 5.32 Å². The van der Waals surface area contributed by atoms with Crippen LogP contribution in [-0.4, -0.2) is 38.0 Å². The summed E-state index contributed by atoms with van der Waals surface area (Å²) in [5.74, 6) is 0. The summed E-state index contributed by atoms with van der Waals surface area (Å²) in [5, 5.41) is 3.39. The third kappa shape index (κ3) is 2.42. The largest absolute Gasteiger partial charge is 0.379 e. The molecule has 1 aliphatic rings. The van der Waals surface area contributed by atoms with Gasteiger partial charge in [0.2, 0.25) is 0 Å². The number of methoxy groups -OCH3 is 1. The summed E-state index contributed by atoms with van der Waals surface area (Å²) in [6.45, 7) is 8.15. The number of rotatable bonds is 3. The average Bonchev–Trinajstić information content (AvgIpc) is 2.16. The molecule has 0 aromatic heterocycles. The second-order valence-corrected chi connectivity index (χ2v) is 3.97. The lowest BCUT2D eigenvalue weighted by molar-refractivity contribution is -0.165. The van der Waals surface area contributed by atoms with E-state index in [2.05, 4.69) is 26.1 Å². The highest BCUT2D eigenvalue weighted by molar-refractivity contribution is 4.89. The Labute approximate surface area is 80.8 Å². The van der Waals surface area contributed by atoms with Crippen molar-refractivity contribution in [3.63, 3.8) is 0 Å². The second kappa shape index (κ2) is 4.40. The van der Waals surface area contributed by atoms with Gasteiger partial charge in [0.05, 0.1) is 12.2 Å². The van der Waals surface area contributed by atoms with Crippen molar-refractivity contribution in [2.24, 2.45) is 0 Å². The summed E-state index contributed by atoms with van der Waals surface area (Å²) in [5.41, 5.74) is -0.173. The molecule has 1 heterocycles. The van der Waals surface area contributed by atoms with Gasteiger partial charge >= 0.3 is 0 Å². The van der Waals surface area contributed by atoms with Gasteiger partial charge in [-0.2, -0.15) is 0 Å². The van der Waals surface area contributed by atoms with Gasteiger partial charge in [0.15, 0.2) is 0 Å². The Morgan fingerprint density at radius 2 is 2.38 bits per heavy atom. The van der Waals surface area contributed by atoms with Crippen LogP contribution in [0.4, 0.5) is 0 Å². The van der Waals surface area contributed by atoms with Gasteiger partial charge in [-0.3, -0.25) is 0 Å². The maximum atomic E-state index is 5.99. The van der Waals surface area contributed by atoms with E-state index in [-0.39, 0.29) is 11.7 Å². The molecule has 0 saturated carbocycles. The quantitative estimate of drug-likeness (QED) is 0.719. The zero-order valence-corrected chi connectivity index (χ0v) is 9.09. The van der Waals surface area contributed by atoms with Crippen LogP contribution in [0.5, 0.6) is 0 Å². The van der Waals surface area contributed by atoms with Crippen molar-refractivity contribution in [3.05, 3.63) is 0 Å². The molecule has 3 atom stereocenters. The molecule has 1 aliphatic heterocycles. The van der Waals surface area contributed by atoms with E-state index in [0.29, 0.717) is 6.10 Å². The maximum Gasteiger partial charge on any atom is 0.104 e. The molecule has 3 heteroatoms. The first-order valence-electron chi connectivity index (χ1n) is 5.03. The Morgan fingerprint density at radius 1 is 1.69 bits per heavy atom. The number of morpholine rings is 1. The Hall–Kier alpha value is -0.120. The fourth-order valence-corrected chi connectivity index (χ4v) is 1.66. The molecule has 0 aliphatic carbocycles. The van der Waals surface area contributed by atoms with E-state index in [1.54, 1.807) is 7.11 Å². The lowest BCUT2D eigenvalue weighted by Gasteiger charge is -2.42. The van der Waals surface area contributed by atoms with E-state index < -0.39 is 0 Å². The van der Waals surface area contributed by atoms with Crippen LogP contribution in [0.15, 0.2) is 0 Å². The van der Waals surface area contributed by atoms with Gasteiger partial charge in [-0.25, -0.2) is 0 Å². The van der Waals surface area contributed by atoms with Crippen LogP contribution in [0.1, 0.15) is 27.2 Å². The van der Waals surface area contributed by atoms with E-state index in [9.17, 15) is 0 Å². The molecule has 0 amide bonds. The van der Waals surface area contributed by atoms with Crippen LogP contribution in [0.25, 0.3) is 0 Å². The van der Waals surface area contributed by atoms with Gasteiger partial charge in [-0.1, -0.05) is 6.92 Å². The number of ether oxygens (including phenoxy) is 2. The summed E-state index contributed by atoms with van der Waals surface area (Å²) < 4.78 is 11.3. The molecule has 0 aromatic rings. The van der Waals surface area contributed by atoms with Crippen molar-refractivity contribution in [2.75, 3.05) is 20.2 Å². The van der Waals surface area contributed by atoms with Crippen LogP contribution in [0.3, 0.4) is 0 Å². The Bertz CT molecular complexity index is 163. The van der Waals surface area contributed by atoms with Gasteiger partial charge < -0.3 is 14.8 Å². The Balaban J connectivity index is 2.56. The lowest BCUT2D eigenvalue weighted by Crippen LogP contribution is -2.57. The van der Waals surface area contributed by atoms with Crippen LogP contribution in [-0.2, 0) is 9.47 Å². The van der Waals surface area contributed by atoms with Gasteiger partial charge in [0.25, 0.3) is 0 Å². The first kappa shape index (κ1) is 11.0. The van der Waals surface area contributed by atoms with Crippen molar-refractivity contribution in [3.8, 4) is 0 Å². The number of hydrogen-bond acceptors (Lipinski definition) is 3. The molecular formula is C10H21NO2. The number of nitrogens with one attached hydrogen (secondary N) is 1. The Morgan fingerprint density at radius 3 is 2.92 bits per heavy atom. The summed E-state index contributed by atoms with van der Waals surface area (Å²) in [4.78, 5) is 0. The maximum absolute atomic E-state index is 5.99. The molecule has 13 heavy (non-hydrogen) atoms. The highest BCUT2D eigenvalue weighted by Gasteiger charge is 2.37. The topological polar surface area (TPSA) is 30.5 Å². The second-order valence-electron chi connectivity index (χ2n) is 3.97. The molecular weight excluding hydrogens is 166 g/mol. The first-order chi connectivity index (χ1) is 6.12. The zero-order valence-electron chi connectivity index (χ0n) is 9.09. The first-order valence-corrected chi connectivity index (χ1v) is 5.03. The third-order valence-corrected chi connectivity index (χ3v) is 2.95. The minimum absolute atomic E-state index is 0.134. The van der Waals surface area contributed by atoms with Crippen molar-refractivity contribution in [1.29, 1.82) is 0 Å². The molecule has 1 N–H and O–H groups in total. The summed E-state index contributed by atoms with van der Waals surface area (Å²) in [6.07, 6.45) is 1.52. The molecule has 0 aromatic carbocycles. The monoisotopic (exact) mass is 187 g/mol. The van der Waals surface area contributed by atoms with E-state index >= 15 is 0 Å². The van der Waals surface area contributed by atoms with Crippen molar-refractivity contribution in [1.82, 2.24) is 5.32 Å². The van der Waals surface area contributed by atoms with Crippen molar-refractivity contribution < 1.29 is 9.47 Å². The molecule has 1 rings (SSSR count). The van der Waals surface area contributed by atoms with Gasteiger partial charge in [-0.15, -0.1) is 0 Å². The van der Waals surface area contributed by atoms with Gasteiger partial charge in [0, 0.05) is 20.2 Å². The SMILES string of the molecule is CCC1CNCC(C)(C(C)OC)O1. The van der Waals surface area contributed by atoms with Crippen molar-refractivity contribution in [2.45, 2.75) is 45.0 Å². The summed E-state index contributed by atoms with van der Waals surface area (Å²) in [6, 6.07) is 0. The van der Waals surface area contributed by atoms with Crippen LogP contribution in [0, 0.1) is 0 Å². The van der Waals surface area contributed by atoms with Crippen LogP contribution >= 0.6 is 0 Å². The minimum Gasteiger partial charge on any atom is -0.379 e. The molecule has 3 unspecified atom stereocenters. The molecule has 1 saturated heterocycles. The van der Waals surface area contributed by atoms with Gasteiger partial charge in [0.1, 0.15) is 5.60 Å². The van der Waals surface area contributed by atoms with E-state index in [0.717, 1.165) is 19.5 Å². The highest BCUT2D eigenvalue weighted by atomic mass is 16.6. The lowest BCUT2D eigenvalue weighted by atomic mass is 9.97. The summed E-state index contributed by atoms with van der Waals surface area (Å²) in [7, 11) is 1.73. The molecule has 0 radical (unpaired) electrons. The highest BCUT2D eigenvalue weighted by Crippen LogP contribution is 2.23. The third-order valence-electron chi connectivity index (χ3n) is 2.95. The summed E-state index contributed by atoms with van der Waals surface area (Å²) >= 11 is 0. The van der Waals surface area contributed by atoms with Crippen LogP contribution in [0.2, 0.25) is 0 Å². The van der Waals surface area contributed by atoms with E-state index in [4.69, 9.17) is 9.47 Å². The molecule has 0 spiro atoms. The fourth-order valence-electron chi connectivity index (χ4n) is 1.66. The number of hydrogen-bond donors (Lipinski definition) is 1. The Kier molecular flexibility index (Phi) is 3.71. The molecule has 3 nitrogen and oxygen atoms in total. The van der Waals surface area contributed by atoms with Crippen molar-refractivity contribution >= 4 is 0 Å². The standard InChI is InChI=1S/C10H21NO2/c1-5-9-6-11-7-10(3,13-9)8(2)12-4/h8-9,11H,5-7H2,1-4H3. The molecule has 1 fully saturated rings. The van der Waals surface area contributed by atoms with E-state index in [1.807, 2.05) is 0 Å². The predicted molar refractivity (Wildman–Crippen MR) is 52.9 cm³/mol. The fraction of sp³-hybridized carbons (Fsp3) is 1.00. The molecule has 78 valence electrons.